The molecular weight excluding hydrogens is 308 g/mol. The van der Waals surface area contributed by atoms with Crippen molar-refractivity contribution in [2.75, 3.05) is 5.32 Å². The molecule has 1 atom stereocenters. The van der Waals surface area contributed by atoms with Gasteiger partial charge in [0.15, 0.2) is 0 Å². The minimum atomic E-state index is 0.0663. The van der Waals surface area contributed by atoms with E-state index in [-0.39, 0.29) is 6.04 Å². The molecule has 0 amide bonds. The van der Waals surface area contributed by atoms with Gasteiger partial charge in [0.05, 0.1) is 33.1 Å². The Balaban J connectivity index is 1.86. The second kappa shape index (κ2) is 5.79. The lowest BCUT2D eigenvalue weighted by molar-refractivity contribution is 0.788. The summed E-state index contributed by atoms with van der Waals surface area (Å²) >= 11 is 7.89. The van der Waals surface area contributed by atoms with Crippen LogP contribution in [0.15, 0.2) is 29.9 Å². The summed E-state index contributed by atoms with van der Waals surface area (Å²) in [5.74, 6) is 0. The Morgan fingerprint density at radius 2 is 2.24 bits per heavy atom. The van der Waals surface area contributed by atoms with E-state index in [0.29, 0.717) is 5.02 Å². The van der Waals surface area contributed by atoms with Gasteiger partial charge in [-0.3, -0.25) is 0 Å². The highest BCUT2D eigenvalue weighted by Gasteiger charge is 2.11. The number of aryl methyl sites for hydroxylation is 1. The Kier molecular flexibility index (Phi) is 3.85. The number of aromatic nitrogens is 5. The van der Waals surface area contributed by atoms with E-state index in [4.69, 9.17) is 11.6 Å². The molecule has 8 heteroatoms. The SMILES string of the molecule is Cc1nc(C(C)Nc2cc(-n3cnnn3)ccc2Cl)cs1. The number of nitrogens with one attached hydrogen (secondary N) is 1. The molecule has 0 bridgehead atoms. The molecule has 1 unspecified atom stereocenters. The molecule has 0 aliphatic rings. The summed E-state index contributed by atoms with van der Waals surface area (Å²) in [5, 5.41) is 18.2. The summed E-state index contributed by atoms with van der Waals surface area (Å²) in [6, 6.07) is 5.66. The minimum Gasteiger partial charge on any atom is -0.376 e. The number of rotatable bonds is 4. The molecule has 2 heterocycles. The summed E-state index contributed by atoms with van der Waals surface area (Å²) < 4.78 is 1.58. The van der Waals surface area contributed by atoms with Crippen LogP contribution in [-0.4, -0.2) is 25.2 Å². The largest absolute Gasteiger partial charge is 0.376 e. The smallest absolute Gasteiger partial charge is 0.143 e. The molecule has 21 heavy (non-hydrogen) atoms. The van der Waals surface area contributed by atoms with Crippen LogP contribution in [-0.2, 0) is 0 Å². The molecule has 0 saturated carbocycles. The second-order valence-corrected chi connectivity index (χ2v) is 6.05. The number of tetrazole rings is 1. The number of hydrogen-bond acceptors (Lipinski definition) is 6. The number of halogens is 1. The predicted octanol–water partition coefficient (Wildman–Crippen LogP) is 3.25. The fourth-order valence-electron chi connectivity index (χ4n) is 1.93. The predicted molar refractivity (Wildman–Crippen MR) is 83.1 cm³/mol. The maximum absolute atomic E-state index is 6.25. The third-order valence-corrected chi connectivity index (χ3v) is 4.14. The fraction of sp³-hybridized carbons (Fsp3) is 0.231. The third-order valence-electron chi connectivity index (χ3n) is 3.02. The van der Waals surface area contributed by atoms with Crippen molar-refractivity contribution in [2.45, 2.75) is 19.9 Å². The molecule has 1 aromatic carbocycles. The van der Waals surface area contributed by atoms with Crippen LogP contribution >= 0.6 is 22.9 Å². The van der Waals surface area contributed by atoms with E-state index in [2.05, 4.69) is 32.7 Å². The summed E-state index contributed by atoms with van der Waals surface area (Å²) in [5.41, 5.74) is 2.66. The Hall–Kier alpha value is -1.99. The van der Waals surface area contributed by atoms with Crippen molar-refractivity contribution in [3.8, 4) is 5.69 Å². The summed E-state index contributed by atoms with van der Waals surface area (Å²) in [6.07, 6.45) is 1.54. The molecular formula is C13H13ClN6S. The van der Waals surface area contributed by atoms with Gasteiger partial charge in [0.1, 0.15) is 6.33 Å². The number of nitrogens with zero attached hydrogens (tertiary/aromatic N) is 5. The number of benzene rings is 1. The van der Waals surface area contributed by atoms with Crippen molar-refractivity contribution in [2.24, 2.45) is 0 Å². The van der Waals surface area contributed by atoms with Crippen molar-refractivity contribution < 1.29 is 0 Å². The van der Waals surface area contributed by atoms with Crippen molar-refractivity contribution in [3.63, 3.8) is 0 Å². The topological polar surface area (TPSA) is 68.5 Å². The van der Waals surface area contributed by atoms with Gasteiger partial charge < -0.3 is 5.32 Å². The van der Waals surface area contributed by atoms with Crippen molar-refractivity contribution >= 4 is 28.6 Å². The van der Waals surface area contributed by atoms with E-state index >= 15 is 0 Å². The van der Waals surface area contributed by atoms with Gasteiger partial charge in [-0.1, -0.05) is 11.6 Å². The minimum absolute atomic E-state index is 0.0663. The average Bonchev–Trinajstić information content (AvgIpc) is 3.12. The van der Waals surface area contributed by atoms with Gasteiger partial charge in [0, 0.05) is 5.38 Å². The highest BCUT2D eigenvalue weighted by molar-refractivity contribution is 7.09. The van der Waals surface area contributed by atoms with Crippen molar-refractivity contribution in [1.82, 2.24) is 25.2 Å². The van der Waals surface area contributed by atoms with Crippen LogP contribution in [0.4, 0.5) is 5.69 Å². The van der Waals surface area contributed by atoms with Gasteiger partial charge in [-0.05, 0) is 42.5 Å². The van der Waals surface area contributed by atoms with E-state index in [1.807, 2.05) is 30.5 Å². The van der Waals surface area contributed by atoms with Crippen LogP contribution in [0.2, 0.25) is 5.02 Å². The first-order valence-electron chi connectivity index (χ1n) is 6.35. The quantitative estimate of drug-likeness (QED) is 0.799. The van der Waals surface area contributed by atoms with Gasteiger partial charge in [0.25, 0.3) is 0 Å². The molecule has 0 radical (unpaired) electrons. The van der Waals surface area contributed by atoms with Crippen LogP contribution in [0.5, 0.6) is 0 Å². The van der Waals surface area contributed by atoms with Gasteiger partial charge >= 0.3 is 0 Å². The molecule has 1 N–H and O–H groups in total. The Morgan fingerprint density at radius 1 is 1.38 bits per heavy atom. The fourth-order valence-corrected chi connectivity index (χ4v) is 2.81. The maximum atomic E-state index is 6.25. The molecule has 2 aromatic heterocycles. The lowest BCUT2D eigenvalue weighted by Crippen LogP contribution is -2.08. The molecule has 0 spiro atoms. The van der Waals surface area contributed by atoms with Crippen LogP contribution in [0.25, 0.3) is 5.69 Å². The van der Waals surface area contributed by atoms with Crippen LogP contribution in [0.1, 0.15) is 23.7 Å². The lowest BCUT2D eigenvalue weighted by Gasteiger charge is -2.15. The van der Waals surface area contributed by atoms with Gasteiger partial charge in [0.2, 0.25) is 0 Å². The first kappa shape index (κ1) is 14.0. The van der Waals surface area contributed by atoms with Crippen LogP contribution in [0, 0.1) is 6.92 Å². The number of thiazole rings is 1. The first-order valence-corrected chi connectivity index (χ1v) is 7.61. The van der Waals surface area contributed by atoms with Gasteiger partial charge in [-0.2, -0.15) is 0 Å². The van der Waals surface area contributed by atoms with Gasteiger partial charge in [-0.25, -0.2) is 9.67 Å². The van der Waals surface area contributed by atoms with E-state index in [0.717, 1.165) is 22.1 Å². The first-order chi connectivity index (χ1) is 10.1. The zero-order valence-electron chi connectivity index (χ0n) is 11.5. The normalized spacial score (nSPS) is 12.3. The van der Waals surface area contributed by atoms with E-state index in [1.165, 1.54) is 0 Å². The third kappa shape index (κ3) is 3.03. The Morgan fingerprint density at radius 3 is 2.90 bits per heavy atom. The lowest BCUT2D eigenvalue weighted by atomic mass is 10.2. The van der Waals surface area contributed by atoms with Crippen LogP contribution < -0.4 is 5.32 Å². The maximum Gasteiger partial charge on any atom is 0.143 e. The van der Waals surface area contributed by atoms with E-state index in [9.17, 15) is 0 Å². The molecule has 6 nitrogen and oxygen atoms in total. The molecule has 3 rings (SSSR count). The molecule has 3 aromatic rings. The summed E-state index contributed by atoms with van der Waals surface area (Å²) in [6.45, 7) is 4.04. The van der Waals surface area contributed by atoms with Gasteiger partial charge in [-0.15, -0.1) is 16.4 Å². The highest BCUT2D eigenvalue weighted by Crippen LogP contribution is 2.28. The van der Waals surface area contributed by atoms with E-state index < -0.39 is 0 Å². The van der Waals surface area contributed by atoms with Crippen LogP contribution in [0.3, 0.4) is 0 Å². The average molecular weight is 321 g/mol. The standard InChI is InChI=1S/C13H13ClN6S/c1-8(13-6-21-9(2)17-13)16-12-5-10(3-4-11(12)14)20-7-15-18-19-20/h3-8,16H,1-2H3. The molecule has 0 aliphatic heterocycles. The number of hydrogen-bond donors (Lipinski definition) is 1. The van der Waals surface area contributed by atoms with E-state index in [1.54, 1.807) is 22.3 Å². The molecule has 0 fully saturated rings. The highest BCUT2D eigenvalue weighted by atomic mass is 35.5. The summed E-state index contributed by atoms with van der Waals surface area (Å²) in [7, 11) is 0. The number of anilines is 1. The molecule has 0 saturated heterocycles. The molecule has 108 valence electrons. The molecule has 0 aliphatic carbocycles. The zero-order valence-corrected chi connectivity index (χ0v) is 13.1. The second-order valence-electron chi connectivity index (χ2n) is 4.58. The zero-order chi connectivity index (χ0) is 14.8. The van der Waals surface area contributed by atoms with Crippen molar-refractivity contribution in [3.05, 3.63) is 45.6 Å². The monoisotopic (exact) mass is 320 g/mol. The Labute approximate surface area is 130 Å². The Bertz CT molecular complexity index is 739. The van der Waals surface area contributed by atoms with Crippen molar-refractivity contribution in [1.29, 1.82) is 0 Å². The summed E-state index contributed by atoms with van der Waals surface area (Å²) in [4.78, 5) is 4.48.